The van der Waals surface area contributed by atoms with Crippen LogP contribution in [0.1, 0.15) is 109 Å². The number of carbonyl (C=O) groups excluding carboxylic acids is 3. The minimum absolute atomic E-state index is 0.119. The zero-order chi connectivity index (χ0) is 54.3. The number of amides is 1. The van der Waals surface area contributed by atoms with Crippen molar-refractivity contribution in [1.29, 1.82) is 0 Å². The molecule has 1 fully saturated rings. The summed E-state index contributed by atoms with van der Waals surface area (Å²) in [5.74, 6) is 0.255. The third-order valence-electron chi connectivity index (χ3n) is 13.2. The molecule has 6 aromatic rings. The number of anilines is 1. The van der Waals surface area contributed by atoms with Crippen molar-refractivity contribution in [2.75, 3.05) is 45.4 Å². The number of hydrogen-bond acceptors (Lipinski definition) is 13. The van der Waals surface area contributed by atoms with Crippen LogP contribution in [0.3, 0.4) is 0 Å². The molecule has 0 bridgehead atoms. The first-order chi connectivity index (χ1) is 36.4. The lowest BCUT2D eigenvalue weighted by atomic mass is 9.84. The maximum absolute atomic E-state index is 15.4. The number of nitrogens with zero attached hydrogens (tertiary/aromatic N) is 7. The van der Waals surface area contributed by atoms with E-state index in [1.165, 1.54) is 32.5 Å². The Balaban J connectivity index is 0.835. The minimum atomic E-state index is -0.550. The maximum Gasteiger partial charge on any atom is 0.313 e. The summed E-state index contributed by atoms with van der Waals surface area (Å²) in [4.78, 5) is 74.9. The van der Waals surface area contributed by atoms with Crippen LogP contribution in [0, 0.1) is 21.3 Å². The number of aromatic nitrogens is 3. The lowest BCUT2D eigenvalue weighted by molar-refractivity contribution is -0.384. The Kier molecular flexibility index (Phi) is 17.8. The number of pyridine rings is 1. The van der Waals surface area contributed by atoms with E-state index in [0.717, 1.165) is 22.3 Å². The Morgan fingerprint density at radius 2 is 1.57 bits per heavy atom. The summed E-state index contributed by atoms with van der Waals surface area (Å²) in [5.41, 5.74) is 4.89. The van der Waals surface area contributed by atoms with Gasteiger partial charge in [0.1, 0.15) is 28.9 Å². The molecule has 396 valence electrons. The Morgan fingerprint density at radius 3 is 2.29 bits per heavy atom. The highest BCUT2D eigenvalue weighted by Crippen LogP contribution is 2.42. The van der Waals surface area contributed by atoms with Crippen molar-refractivity contribution < 1.29 is 37.9 Å². The maximum atomic E-state index is 15.4. The van der Waals surface area contributed by atoms with E-state index in [9.17, 15) is 24.5 Å². The van der Waals surface area contributed by atoms with E-state index in [1.807, 2.05) is 29.2 Å². The molecule has 19 heteroatoms. The molecule has 0 radical (unpaired) electrons. The Bertz CT molecular complexity index is 3190. The SMILES string of the molecule is COc1cc(Cc2ncc3c(n2)-c2ccc(Cl)cc2C(c2c(F)cccc2OC)=NC3)ccc1C(=O)CCCOCCCC(=O)CC(=O)N1CC(c2ccc(Cl)cc2)N(c2ncc(Cl)cc2[N+](=O)[O-])[C@@H](CC(C)(C)C)C1. The van der Waals surface area contributed by atoms with Crippen LogP contribution in [0.5, 0.6) is 11.5 Å². The molecule has 2 aliphatic heterocycles. The molecule has 0 saturated carbocycles. The summed E-state index contributed by atoms with van der Waals surface area (Å²) in [6, 6.07) is 22.8. The largest absolute Gasteiger partial charge is 0.496 e. The second kappa shape index (κ2) is 24.4. The van der Waals surface area contributed by atoms with E-state index < -0.39 is 22.8 Å². The number of hydrogen-bond donors (Lipinski definition) is 0. The number of ketones is 2. The molecule has 0 spiro atoms. The number of fused-ring (bicyclic) bond motifs is 3. The van der Waals surface area contributed by atoms with Gasteiger partial charge >= 0.3 is 5.69 Å². The van der Waals surface area contributed by atoms with Gasteiger partial charge in [-0.15, -0.1) is 0 Å². The van der Waals surface area contributed by atoms with Crippen LogP contribution in [0.2, 0.25) is 15.1 Å². The van der Waals surface area contributed by atoms with Crippen LogP contribution in [0.25, 0.3) is 11.3 Å². The van der Waals surface area contributed by atoms with Gasteiger partial charge in [-0.2, -0.15) is 0 Å². The highest BCUT2D eigenvalue weighted by molar-refractivity contribution is 6.32. The molecule has 4 heterocycles. The van der Waals surface area contributed by atoms with Gasteiger partial charge in [-0.1, -0.05) is 85.9 Å². The van der Waals surface area contributed by atoms with Crippen LogP contribution >= 0.6 is 34.8 Å². The van der Waals surface area contributed by atoms with Crippen LogP contribution in [-0.2, 0) is 27.3 Å². The van der Waals surface area contributed by atoms with Gasteiger partial charge in [0.25, 0.3) is 0 Å². The average molecular weight is 1090 g/mol. The van der Waals surface area contributed by atoms with E-state index in [2.05, 4.69) is 30.7 Å². The molecule has 8 rings (SSSR count). The molecule has 2 aliphatic rings. The second-order valence-electron chi connectivity index (χ2n) is 19.9. The zero-order valence-corrected chi connectivity index (χ0v) is 45.1. The number of Topliss-reactive ketones (excluding diaryl/α,β-unsaturated/α-hetero) is 2. The summed E-state index contributed by atoms with van der Waals surface area (Å²) in [5, 5.41) is 13.4. The standard InChI is InChI=1S/C57H57Cl3FN7O8/c1-57(2,3)28-40-32-66(33-47(35-14-16-37(58)17-15-35)67(40)56-46(68(72)73)26-39(60)31-64-56)52(71)27-41(69)9-7-21-76-22-8-11-48(70)43-19-13-34(23-50(43)75-5)24-51-62-29-36-30-63-55(53-45(61)10-6-12-49(53)74-4)44-25-38(59)18-20-42(44)54(36)65-51/h6,10,12-20,23,25-26,29,31,40,47H,7-9,11,21-22,24,27-28,30,32-33H2,1-5H3/t40-,47?/m0/s1. The molecular weight excluding hydrogens is 1040 g/mol. The van der Waals surface area contributed by atoms with Gasteiger partial charge in [-0.3, -0.25) is 29.5 Å². The predicted octanol–water partition coefficient (Wildman–Crippen LogP) is 12.1. The van der Waals surface area contributed by atoms with Gasteiger partial charge in [0.15, 0.2) is 5.78 Å². The molecule has 2 aromatic heterocycles. The van der Waals surface area contributed by atoms with E-state index in [-0.39, 0.29) is 97.1 Å². The number of benzene rings is 4. The van der Waals surface area contributed by atoms with Crippen molar-refractivity contribution in [1.82, 2.24) is 19.9 Å². The lowest BCUT2D eigenvalue weighted by Crippen LogP contribution is -2.57. The molecule has 4 aromatic carbocycles. The molecule has 15 nitrogen and oxygen atoms in total. The van der Waals surface area contributed by atoms with Crippen molar-refractivity contribution in [2.45, 2.75) is 84.3 Å². The fraction of sp³-hybridized carbons (Fsp3) is 0.351. The first-order valence-corrected chi connectivity index (χ1v) is 26.0. The fourth-order valence-electron chi connectivity index (χ4n) is 9.80. The molecule has 76 heavy (non-hydrogen) atoms. The van der Waals surface area contributed by atoms with Crippen molar-refractivity contribution in [3.63, 3.8) is 0 Å². The molecule has 0 aliphatic carbocycles. The number of aliphatic imine (C=N–C) groups is 1. The highest BCUT2D eigenvalue weighted by atomic mass is 35.5. The number of nitro groups is 1. The lowest BCUT2D eigenvalue weighted by Gasteiger charge is -2.49. The Morgan fingerprint density at radius 1 is 0.829 bits per heavy atom. The van der Waals surface area contributed by atoms with Crippen molar-refractivity contribution in [3.05, 3.63) is 168 Å². The average Bonchev–Trinajstić information content (AvgIpc) is 3.54. The summed E-state index contributed by atoms with van der Waals surface area (Å²) in [6.45, 7) is 7.30. The summed E-state index contributed by atoms with van der Waals surface area (Å²) >= 11 is 18.9. The van der Waals surface area contributed by atoms with Crippen LogP contribution in [0.4, 0.5) is 15.9 Å². The van der Waals surface area contributed by atoms with E-state index in [1.54, 1.807) is 59.6 Å². The van der Waals surface area contributed by atoms with Crippen LogP contribution in [-0.4, -0.2) is 94.5 Å². The number of ether oxygens (including phenoxy) is 3. The second-order valence-corrected chi connectivity index (χ2v) is 21.3. The number of methoxy groups -OCH3 is 2. The number of rotatable bonds is 20. The third kappa shape index (κ3) is 13.2. The monoisotopic (exact) mass is 1090 g/mol. The molecule has 1 amide bonds. The Labute approximate surface area is 455 Å². The zero-order valence-electron chi connectivity index (χ0n) is 42.8. The first kappa shape index (κ1) is 55.4. The number of halogens is 4. The molecule has 0 N–H and O–H groups in total. The van der Waals surface area contributed by atoms with Crippen LogP contribution in [0.15, 0.2) is 102 Å². The smallest absolute Gasteiger partial charge is 0.313 e. The predicted molar refractivity (Wildman–Crippen MR) is 291 cm³/mol. The quantitative estimate of drug-likeness (QED) is 0.0232. The summed E-state index contributed by atoms with van der Waals surface area (Å²) in [7, 11) is 2.99. The third-order valence-corrected chi connectivity index (χ3v) is 13.9. The van der Waals surface area contributed by atoms with Gasteiger partial charge in [0.05, 0.1) is 65.7 Å². The van der Waals surface area contributed by atoms with Crippen molar-refractivity contribution >= 4 is 69.5 Å². The van der Waals surface area contributed by atoms with E-state index in [0.29, 0.717) is 75.6 Å². The molecular formula is C57H57Cl3FN7O8. The number of carbonyl (C=O) groups is 3. The van der Waals surface area contributed by atoms with Gasteiger partial charge in [-0.05, 0) is 84.3 Å². The summed E-state index contributed by atoms with van der Waals surface area (Å²) in [6.07, 6.45) is 4.84. The normalized spacial score (nSPS) is 15.3. The number of piperazine rings is 1. The molecule has 1 unspecified atom stereocenters. The fourth-order valence-corrected chi connectivity index (χ4v) is 10.3. The molecule has 2 atom stereocenters. The van der Waals surface area contributed by atoms with Crippen LogP contribution < -0.4 is 14.4 Å². The van der Waals surface area contributed by atoms with E-state index >= 15 is 4.39 Å². The highest BCUT2D eigenvalue weighted by Gasteiger charge is 2.42. The Hall–Kier alpha value is -6.85. The van der Waals surface area contributed by atoms with Gasteiger partial charge in [0, 0.05) is 96.8 Å². The molecule has 1 saturated heterocycles. The summed E-state index contributed by atoms with van der Waals surface area (Å²) < 4.78 is 32.4. The van der Waals surface area contributed by atoms with E-state index in [4.69, 9.17) is 59.0 Å². The van der Waals surface area contributed by atoms with Gasteiger partial charge in [-0.25, -0.2) is 19.3 Å². The minimum Gasteiger partial charge on any atom is -0.496 e. The first-order valence-electron chi connectivity index (χ1n) is 24.8. The van der Waals surface area contributed by atoms with Crippen molar-refractivity contribution in [2.24, 2.45) is 10.4 Å². The van der Waals surface area contributed by atoms with Gasteiger partial charge in [0.2, 0.25) is 11.7 Å². The van der Waals surface area contributed by atoms with Crippen molar-refractivity contribution in [3.8, 4) is 22.8 Å². The van der Waals surface area contributed by atoms with Gasteiger partial charge < -0.3 is 24.0 Å². The topological polar surface area (TPSA) is 180 Å².